The highest BCUT2D eigenvalue weighted by atomic mass is 16.7. The maximum atomic E-state index is 13.0. The second-order valence-electron chi connectivity index (χ2n) is 10.8. The van der Waals surface area contributed by atoms with Gasteiger partial charge in [0.15, 0.2) is 0 Å². The maximum absolute atomic E-state index is 13.0. The van der Waals surface area contributed by atoms with Gasteiger partial charge in [0.1, 0.15) is 29.9 Å². The smallest absolute Gasteiger partial charge is 0.306 e. The van der Waals surface area contributed by atoms with Crippen LogP contribution in [0.5, 0.6) is 0 Å². The molecule has 0 aromatic heterocycles. The summed E-state index contributed by atoms with van der Waals surface area (Å²) in [7, 11) is 1.53. The van der Waals surface area contributed by atoms with Gasteiger partial charge in [0.05, 0.1) is 5.92 Å². The van der Waals surface area contributed by atoms with E-state index in [2.05, 4.69) is 43.3 Å². The van der Waals surface area contributed by atoms with Crippen molar-refractivity contribution in [2.45, 2.75) is 101 Å². The Kier molecular flexibility index (Phi) is 8.69. The number of Topliss-reactive ketones (excluding diaryl/α,β-unsaturated/α-hetero) is 1. The van der Waals surface area contributed by atoms with Crippen LogP contribution >= 0.6 is 0 Å². The number of allylic oxidation sites excluding steroid dienone is 2. The molecule has 4 saturated carbocycles. The summed E-state index contributed by atoms with van der Waals surface area (Å²) in [6, 6.07) is 10.4. The third-order valence-electron chi connectivity index (χ3n) is 8.72. The Labute approximate surface area is 215 Å². The summed E-state index contributed by atoms with van der Waals surface area (Å²) in [5.41, 5.74) is -1.71. The number of unbranched alkanes of at least 4 members (excludes halogenated alkanes) is 5. The molecular weight excluding hydrogens is 456 g/mol. The summed E-state index contributed by atoms with van der Waals surface area (Å²) in [4.78, 5) is 25.6. The van der Waals surface area contributed by atoms with E-state index in [0.29, 0.717) is 19.3 Å². The molecule has 4 fully saturated rings. The molecule has 0 spiro atoms. The zero-order chi connectivity index (χ0) is 25.7. The van der Waals surface area contributed by atoms with Crippen LogP contribution < -0.4 is 0 Å². The minimum absolute atomic E-state index is 0.0106. The average molecular weight is 499 g/mol. The van der Waals surface area contributed by atoms with Crippen LogP contribution in [0.3, 0.4) is 0 Å². The summed E-state index contributed by atoms with van der Waals surface area (Å²) in [6.45, 7) is 2.14. The molecule has 1 aromatic carbocycles. The first kappa shape index (κ1) is 27.0. The lowest BCUT2D eigenvalue weighted by molar-refractivity contribution is -0.192. The minimum Gasteiger partial charge on any atom is -0.458 e. The van der Waals surface area contributed by atoms with Gasteiger partial charge < -0.3 is 19.3 Å². The van der Waals surface area contributed by atoms with Gasteiger partial charge in [-0.2, -0.15) is 0 Å². The van der Waals surface area contributed by atoms with Crippen molar-refractivity contribution in [1.29, 1.82) is 0 Å². The Balaban J connectivity index is 1.39. The van der Waals surface area contributed by atoms with Crippen molar-refractivity contribution in [3.63, 3.8) is 0 Å². The van der Waals surface area contributed by atoms with Gasteiger partial charge in [0.2, 0.25) is 0 Å². The predicted molar refractivity (Wildman–Crippen MR) is 137 cm³/mol. The van der Waals surface area contributed by atoms with Gasteiger partial charge in [-0.15, -0.1) is 0 Å². The quantitative estimate of drug-likeness (QED) is 0.144. The van der Waals surface area contributed by atoms with Gasteiger partial charge in [-0.05, 0) is 44.1 Å². The van der Waals surface area contributed by atoms with E-state index >= 15 is 0 Å². The molecular formula is C30H42O6. The highest BCUT2D eigenvalue weighted by Gasteiger charge is 2.98. The Morgan fingerprint density at radius 1 is 1.11 bits per heavy atom. The Bertz CT molecular complexity index is 929. The Hall–Kier alpha value is -2.02. The number of rotatable bonds is 16. The molecule has 0 saturated heterocycles. The van der Waals surface area contributed by atoms with Crippen molar-refractivity contribution < 1.29 is 28.9 Å². The zero-order valence-electron chi connectivity index (χ0n) is 21.9. The number of esters is 1. The van der Waals surface area contributed by atoms with Crippen LogP contribution in [-0.4, -0.2) is 48.1 Å². The zero-order valence-corrected chi connectivity index (χ0v) is 21.9. The van der Waals surface area contributed by atoms with E-state index in [9.17, 15) is 14.7 Å². The normalized spacial score (nSPS) is 32.2. The number of hydrogen-bond acceptors (Lipinski definition) is 6. The number of aryl methyl sites for hydroxylation is 1. The van der Waals surface area contributed by atoms with E-state index in [1.165, 1.54) is 12.7 Å². The number of ether oxygens (including phenoxy) is 3. The molecule has 198 valence electrons. The summed E-state index contributed by atoms with van der Waals surface area (Å²) in [5, 5.41) is 12.0. The van der Waals surface area contributed by atoms with E-state index in [-0.39, 0.29) is 25.0 Å². The number of fused-ring (bicyclic) bond motifs is 1. The molecule has 5 atom stereocenters. The fourth-order valence-corrected chi connectivity index (χ4v) is 6.88. The molecule has 1 N–H and O–H groups in total. The molecule has 1 aromatic rings. The van der Waals surface area contributed by atoms with Crippen molar-refractivity contribution in [3.8, 4) is 0 Å². The molecule has 6 nitrogen and oxygen atoms in total. The summed E-state index contributed by atoms with van der Waals surface area (Å²) in [6.07, 6.45) is 13.1. The Morgan fingerprint density at radius 3 is 2.64 bits per heavy atom. The van der Waals surface area contributed by atoms with E-state index in [1.807, 2.05) is 6.07 Å². The van der Waals surface area contributed by atoms with Crippen molar-refractivity contribution in [2.75, 3.05) is 13.9 Å². The van der Waals surface area contributed by atoms with Crippen molar-refractivity contribution in [2.24, 2.45) is 11.3 Å². The number of carbonyl (C=O) groups excluding carboxylic acids is 2. The fraction of sp³-hybridized carbons (Fsp3) is 0.667. The molecule has 5 rings (SSSR count). The number of benzene rings is 1. The first-order chi connectivity index (χ1) is 17.5. The lowest BCUT2D eigenvalue weighted by Gasteiger charge is -2.38. The lowest BCUT2D eigenvalue weighted by Crippen LogP contribution is -2.53. The molecule has 0 amide bonds. The fourth-order valence-electron chi connectivity index (χ4n) is 6.88. The minimum atomic E-state index is -1.36. The third-order valence-corrected chi connectivity index (χ3v) is 8.72. The first-order valence-electron chi connectivity index (χ1n) is 13.7. The molecule has 0 radical (unpaired) electrons. The topological polar surface area (TPSA) is 82.1 Å². The van der Waals surface area contributed by atoms with Crippen molar-refractivity contribution in [1.82, 2.24) is 0 Å². The van der Waals surface area contributed by atoms with E-state index < -0.39 is 28.6 Å². The van der Waals surface area contributed by atoms with Gasteiger partial charge in [-0.3, -0.25) is 9.59 Å². The number of ketones is 1. The van der Waals surface area contributed by atoms with Gasteiger partial charge >= 0.3 is 5.97 Å². The van der Waals surface area contributed by atoms with E-state index in [0.717, 1.165) is 51.4 Å². The molecule has 36 heavy (non-hydrogen) atoms. The van der Waals surface area contributed by atoms with Gasteiger partial charge in [0.25, 0.3) is 0 Å². The van der Waals surface area contributed by atoms with Crippen LogP contribution in [0.4, 0.5) is 0 Å². The third kappa shape index (κ3) is 4.68. The van der Waals surface area contributed by atoms with Gasteiger partial charge in [-0.1, -0.05) is 75.1 Å². The molecule has 0 aliphatic heterocycles. The number of carbonyl (C=O) groups is 2. The highest BCUT2D eigenvalue weighted by Crippen LogP contribution is 2.82. The van der Waals surface area contributed by atoms with Crippen LogP contribution in [0.1, 0.15) is 83.1 Å². The molecule has 3 unspecified atom stereocenters. The molecule has 4 aliphatic rings. The summed E-state index contributed by atoms with van der Waals surface area (Å²) >= 11 is 0. The number of hydrogen-bond donors (Lipinski definition) is 1. The average Bonchev–Trinajstić information content (AvgIpc) is 3.21. The van der Waals surface area contributed by atoms with Crippen LogP contribution in [0.2, 0.25) is 0 Å². The van der Waals surface area contributed by atoms with Gasteiger partial charge in [-0.25, -0.2) is 0 Å². The SMILES string of the molecule is CCCCCCCC(=O)O[C@H]1C2CC3(CC=CCCCc4ccccc4)C(OCOC)(CC2=O)[C@]13O. The summed E-state index contributed by atoms with van der Waals surface area (Å²) < 4.78 is 17.1. The molecule has 4 bridgehead atoms. The number of methoxy groups -OCH3 is 1. The lowest BCUT2D eigenvalue weighted by atomic mass is 9.75. The largest absolute Gasteiger partial charge is 0.458 e. The standard InChI is InChI=1S/C30H42O6/c1-3-4-5-6-13-18-26(32)36-27-24-20-28(19-14-8-7-10-15-23-16-11-9-12-17-23)29(21-25(24)31,30(27,28)33)35-22-34-2/h8-9,11-12,14,16-17,24,27,33H,3-7,10,13,15,18-22H2,1-2H3/t24?,27-,28?,29?,30-/m0/s1. The highest BCUT2D eigenvalue weighted by molar-refractivity contribution is 5.90. The first-order valence-corrected chi connectivity index (χ1v) is 13.7. The van der Waals surface area contributed by atoms with Gasteiger partial charge in [0, 0.05) is 25.4 Å². The van der Waals surface area contributed by atoms with E-state index in [1.54, 1.807) is 0 Å². The second kappa shape index (κ2) is 11.6. The monoisotopic (exact) mass is 498 g/mol. The number of aliphatic hydroxyl groups is 1. The predicted octanol–water partition coefficient (Wildman–Crippen LogP) is 5.31. The van der Waals surface area contributed by atoms with Crippen LogP contribution in [0, 0.1) is 11.3 Å². The summed E-state index contributed by atoms with van der Waals surface area (Å²) in [5.74, 6) is -0.778. The molecule has 6 heteroatoms. The molecule has 4 aliphatic carbocycles. The second-order valence-corrected chi connectivity index (χ2v) is 10.8. The maximum Gasteiger partial charge on any atom is 0.306 e. The van der Waals surface area contributed by atoms with Crippen LogP contribution in [0.15, 0.2) is 42.5 Å². The van der Waals surface area contributed by atoms with Crippen molar-refractivity contribution >= 4 is 11.8 Å². The van der Waals surface area contributed by atoms with Crippen LogP contribution in [0.25, 0.3) is 0 Å². The molecule has 0 heterocycles. The Morgan fingerprint density at radius 2 is 1.89 bits per heavy atom. The van der Waals surface area contributed by atoms with Crippen LogP contribution in [-0.2, 0) is 30.2 Å². The van der Waals surface area contributed by atoms with E-state index in [4.69, 9.17) is 14.2 Å². The van der Waals surface area contributed by atoms with Crippen molar-refractivity contribution in [3.05, 3.63) is 48.0 Å².